The fourth-order valence-corrected chi connectivity index (χ4v) is 1.62. The molecule has 1 aromatic heterocycles. The Morgan fingerprint density at radius 3 is 2.30 bits per heavy atom. The number of nitrogens with one attached hydrogen (secondary N) is 1. The molecule has 7 heteroatoms. The quantitative estimate of drug-likeness (QED) is 0.813. The van der Waals surface area contributed by atoms with Crippen LogP contribution in [0.5, 0.6) is 12.0 Å². The van der Waals surface area contributed by atoms with Crippen molar-refractivity contribution in [2.24, 2.45) is 0 Å². The Bertz CT molecular complexity index is 555. The van der Waals surface area contributed by atoms with Gasteiger partial charge in [0, 0.05) is 6.54 Å². The Kier molecular flexibility index (Phi) is 4.67. The third-order valence-corrected chi connectivity index (χ3v) is 2.58. The molecule has 0 amide bonds. The first kappa shape index (κ1) is 14.0. The molecule has 20 heavy (non-hydrogen) atoms. The van der Waals surface area contributed by atoms with Gasteiger partial charge in [-0.2, -0.15) is 9.97 Å². The van der Waals surface area contributed by atoms with Crippen LogP contribution in [0.2, 0.25) is 0 Å². The van der Waals surface area contributed by atoms with E-state index in [4.69, 9.17) is 14.6 Å². The second kappa shape index (κ2) is 6.67. The zero-order valence-corrected chi connectivity index (χ0v) is 11.3. The van der Waals surface area contributed by atoms with Crippen molar-refractivity contribution in [3.63, 3.8) is 0 Å². The van der Waals surface area contributed by atoms with E-state index in [9.17, 15) is 0 Å². The Hall–Kier alpha value is -2.41. The van der Waals surface area contributed by atoms with Gasteiger partial charge >= 0.3 is 12.0 Å². The third-order valence-electron chi connectivity index (χ3n) is 2.58. The maximum Gasteiger partial charge on any atom is 0.324 e. The summed E-state index contributed by atoms with van der Waals surface area (Å²) in [4.78, 5) is 12.1. The maximum absolute atomic E-state index is 9.10. The van der Waals surface area contributed by atoms with E-state index >= 15 is 0 Å². The maximum atomic E-state index is 9.10. The van der Waals surface area contributed by atoms with Crippen LogP contribution < -0.4 is 14.8 Å². The van der Waals surface area contributed by atoms with Crippen LogP contribution in [0.4, 0.5) is 5.95 Å². The summed E-state index contributed by atoms with van der Waals surface area (Å²) in [7, 11) is 2.95. The highest BCUT2D eigenvalue weighted by Gasteiger charge is 2.06. The van der Waals surface area contributed by atoms with Crippen molar-refractivity contribution >= 4 is 5.95 Å². The minimum Gasteiger partial charge on any atom is -0.467 e. The number of rotatable bonds is 6. The van der Waals surface area contributed by atoms with Gasteiger partial charge in [0.2, 0.25) is 5.95 Å². The van der Waals surface area contributed by atoms with Crippen molar-refractivity contribution in [3.8, 4) is 12.0 Å². The number of nitrogens with zero attached hydrogens (tertiary/aromatic N) is 3. The van der Waals surface area contributed by atoms with E-state index in [-0.39, 0.29) is 18.6 Å². The molecule has 2 rings (SSSR count). The number of aliphatic hydroxyl groups excluding tert-OH is 1. The SMILES string of the molecule is COc1nc(NCc2cccc(CO)c2)nc(OC)n1. The summed E-state index contributed by atoms with van der Waals surface area (Å²) in [6, 6.07) is 7.96. The second-order valence-electron chi connectivity index (χ2n) is 3.96. The Morgan fingerprint density at radius 2 is 1.70 bits per heavy atom. The van der Waals surface area contributed by atoms with Crippen LogP contribution in [0.1, 0.15) is 11.1 Å². The molecular weight excluding hydrogens is 260 g/mol. The molecule has 0 aliphatic carbocycles. The zero-order chi connectivity index (χ0) is 14.4. The number of hydrogen-bond donors (Lipinski definition) is 2. The highest BCUT2D eigenvalue weighted by Crippen LogP contribution is 2.13. The zero-order valence-electron chi connectivity index (χ0n) is 11.3. The van der Waals surface area contributed by atoms with Crippen LogP contribution in [-0.2, 0) is 13.2 Å². The highest BCUT2D eigenvalue weighted by atomic mass is 16.5. The first-order valence-corrected chi connectivity index (χ1v) is 6.01. The van der Waals surface area contributed by atoms with Crippen LogP contribution >= 0.6 is 0 Å². The lowest BCUT2D eigenvalue weighted by Gasteiger charge is -2.08. The summed E-state index contributed by atoms with van der Waals surface area (Å²) in [6.45, 7) is 0.533. The second-order valence-corrected chi connectivity index (χ2v) is 3.96. The van der Waals surface area contributed by atoms with Gasteiger partial charge in [0.25, 0.3) is 0 Å². The summed E-state index contributed by atoms with van der Waals surface area (Å²) in [5, 5.41) is 12.2. The lowest BCUT2D eigenvalue weighted by atomic mass is 10.1. The van der Waals surface area contributed by atoms with Gasteiger partial charge in [-0.05, 0) is 11.1 Å². The van der Waals surface area contributed by atoms with E-state index in [1.165, 1.54) is 14.2 Å². The topological polar surface area (TPSA) is 89.4 Å². The van der Waals surface area contributed by atoms with Gasteiger partial charge in [0.05, 0.1) is 20.8 Å². The molecule has 0 unspecified atom stereocenters. The van der Waals surface area contributed by atoms with Crippen LogP contribution in [0.3, 0.4) is 0 Å². The molecule has 0 bridgehead atoms. The smallest absolute Gasteiger partial charge is 0.324 e. The summed E-state index contributed by atoms with van der Waals surface area (Å²) in [5.41, 5.74) is 1.87. The molecule has 0 saturated heterocycles. The number of aromatic nitrogens is 3. The molecule has 0 spiro atoms. The fourth-order valence-electron chi connectivity index (χ4n) is 1.62. The molecule has 0 saturated carbocycles. The molecule has 7 nitrogen and oxygen atoms in total. The fraction of sp³-hybridized carbons (Fsp3) is 0.308. The monoisotopic (exact) mass is 276 g/mol. The molecule has 0 fully saturated rings. The Morgan fingerprint density at radius 1 is 1.05 bits per heavy atom. The minimum atomic E-state index is 0.0151. The van der Waals surface area contributed by atoms with Crippen LogP contribution in [0.25, 0.3) is 0 Å². The molecular formula is C13H16N4O3. The molecule has 0 aliphatic heterocycles. The average Bonchev–Trinajstić information content (AvgIpc) is 2.52. The first-order chi connectivity index (χ1) is 9.75. The minimum absolute atomic E-state index is 0.0151. The van der Waals surface area contributed by atoms with E-state index in [1.807, 2.05) is 24.3 Å². The van der Waals surface area contributed by atoms with E-state index in [2.05, 4.69) is 20.3 Å². The lowest BCUT2D eigenvalue weighted by Crippen LogP contribution is -2.07. The molecule has 0 aliphatic rings. The van der Waals surface area contributed by atoms with Crippen molar-refractivity contribution in [1.82, 2.24) is 15.0 Å². The summed E-state index contributed by atoms with van der Waals surface area (Å²) in [5.74, 6) is 0.364. The summed E-state index contributed by atoms with van der Waals surface area (Å²) >= 11 is 0. The van der Waals surface area contributed by atoms with Crippen LogP contribution in [0, 0.1) is 0 Å². The van der Waals surface area contributed by atoms with Crippen LogP contribution in [-0.4, -0.2) is 34.3 Å². The van der Waals surface area contributed by atoms with E-state index < -0.39 is 0 Å². The van der Waals surface area contributed by atoms with E-state index in [1.54, 1.807) is 0 Å². The molecule has 1 heterocycles. The number of anilines is 1. The van der Waals surface area contributed by atoms with E-state index in [0.717, 1.165) is 11.1 Å². The lowest BCUT2D eigenvalue weighted by molar-refractivity contribution is 0.281. The van der Waals surface area contributed by atoms with Gasteiger partial charge in [-0.1, -0.05) is 24.3 Å². The van der Waals surface area contributed by atoms with Crippen molar-refractivity contribution in [2.75, 3.05) is 19.5 Å². The molecule has 106 valence electrons. The van der Waals surface area contributed by atoms with Crippen molar-refractivity contribution < 1.29 is 14.6 Å². The first-order valence-electron chi connectivity index (χ1n) is 6.01. The van der Waals surface area contributed by atoms with Crippen molar-refractivity contribution in [1.29, 1.82) is 0 Å². The summed E-state index contributed by atoms with van der Waals surface area (Å²) in [6.07, 6.45) is 0. The average molecular weight is 276 g/mol. The molecule has 2 N–H and O–H groups in total. The number of ether oxygens (including phenoxy) is 2. The van der Waals surface area contributed by atoms with Gasteiger partial charge in [0.15, 0.2) is 0 Å². The number of hydrogen-bond acceptors (Lipinski definition) is 7. The summed E-state index contributed by atoms with van der Waals surface area (Å²) < 4.78 is 9.94. The Balaban J connectivity index is 2.09. The number of aliphatic hydroxyl groups is 1. The highest BCUT2D eigenvalue weighted by molar-refractivity contribution is 5.31. The van der Waals surface area contributed by atoms with Gasteiger partial charge in [0.1, 0.15) is 0 Å². The third kappa shape index (κ3) is 3.55. The van der Waals surface area contributed by atoms with Crippen molar-refractivity contribution in [2.45, 2.75) is 13.2 Å². The van der Waals surface area contributed by atoms with Gasteiger partial charge in [-0.25, -0.2) is 0 Å². The molecule has 0 atom stereocenters. The molecule has 2 aromatic rings. The van der Waals surface area contributed by atoms with E-state index in [0.29, 0.717) is 12.5 Å². The van der Waals surface area contributed by atoms with Gasteiger partial charge in [-0.15, -0.1) is 4.98 Å². The number of methoxy groups -OCH3 is 2. The standard InChI is InChI=1S/C13H16N4O3/c1-19-12-15-11(16-13(17-12)20-2)14-7-9-4-3-5-10(6-9)8-18/h3-6,18H,7-8H2,1-2H3,(H,14,15,16,17). The Labute approximate surface area is 116 Å². The van der Waals surface area contributed by atoms with Gasteiger partial charge < -0.3 is 19.9 Å². The van der Waals surface area contributed by atoms with Gasteiger partial charge in [-0.3, -0.25) is 0 Å². The largest absolute Gasteiger partial charge is 0.467 e. The molecule has 1 aromatic carbocycles. The predicted octanol–water partition coefficient (Wildman–Crippen LogP) is 0.993. The van der Waals surface area contributed by atoms with Crippen LogP contribution in [0.15, 0.2) is 24.3 Å². The van der Waals surface area contributed by atoms with Crippen molar-refractivity contribution in [3.05, 3.63) is 35.4 Å². The normalized spacial score (nSPS) is 10.2. The predicted molar refractivity (Wildman–Crippen MR) is 72.6 cm³/mol. The number of benzene rings is 1. The molecule has 0 radical (unpaired) electrons.